The van der Waals surface area contributed by atoms with Crippen LogP contribution < -0.4 is 5.73 Å². The van der Waals surface area contributed by atoms with Gasteiger partial charge >= 0.3 is 0 Å². The first-order valence-electron chi connectivity index (χ1n) is 7.66. The van der Waals surface area contributed by atoms with Crippen LogP contribution in [-0.4, -0.2) is 49.1 Å². The lowest BCUT2D eigenvalue weighted by atomic mass is 10.0. The van der Waals surface area contributed by atoms with Crippen molar-refractivity contribution < 1.29 is 0 Å². The van der Waals surface area contributed by atoms with Gasteiger partial charge < -0.3 is 5.73 Å². The zero-order chi connectivity index (χ0) is 15.4. The largest absolute Gasteiger partial charge is 0.329 e. The topological polar surface area (TPSA) is 32.5 Å². The Kier molecular flexibility index (Phi) is 6.33. The van der Waals surface area contributed by atoms with E-state index in [4.69, 9.17) is 28.9 Å². The summed E-state index contributed by atoms with van der Waals surface area (Å²) >= 11 is 12.5. The highest BCUT2D eigenvalue weighted by Crippen LogP contribution is 2.32. The van der Waals surface area contributed by atoms with Gasteiger partial charge in [0.2, 0.25) is 0 Å². The number of nitrogens with two attached hydrogens (primary N) is 1. The minimum absolute atomic E-state index is 0.107. The van der Waals surface area contributed by atoms with Crippen molar-refractivity contribution in [3.8, 4) is 0 Å². The standard InChI is InChI=1S/C16H25Cl2N3/c1-3-21-9-5-6-12(21)11-20(2)15(10-19)13-7-4-8-14(17)16(13)18/h4,7-8,12,15H,3,5-6,9-11,19H2,1-2H3. The Bertz CT molecular complexity index is 467. The summed E-state index contributed by atoms with van der Waals surface area (Å²) in [5, 5.41) is 1.22. The van der Waals surface area contributed by atoms with E-state index in [9.17, 15) is 0 Å². The molecule has 1 aromatic carbocycles. The van der Waals surface area contributed by atoms with Crippen LogP contribution in [0.4, 0.5) is 0 Å². The van der Waals surface area contributed by atoms with E-state index in [1.807, 2.05) is 18.2 Å². The van der Waals surface area contributed by atoms with Gasteiger partial charge in [0.15, 0.2) is 0 Å². The fourth-order valence-electron chi connectivity index (χ4n) is 3.30. The van der Waals surface area contributed by atoms with Gasteiger partial charge in [-0.05, 0) is 44.6 Å². The van der Waals surface area contributed by atoms with Gasteiger partial charge in [0.25, 0.3) is 0 Å². The first-order chi connectivity index (χ1) is 10.1. The fraction of sp³-hybridized carbons (Fsp3) is 0.625. The third-order valence-corrected chi connectivity index (χ3v) is 5.33. The number of hydrogen-bond acceptors (Lipinski definition) is 3. The minimum Gasteiger partial charge on any atom is -0.329 e. The molecule has 3 nitrogen and oxygen atoms in total. The number of likely N-dealkylation sites (tertiary alicyclic amines) is 1. The lowest BCUT2D eigenvalue weighted by Gasteiger charge is -2.33. The van der Waals surface area contributed by atoms with E-state index in [1.54, 1.807) is 0 Å². The Hall–Kier alpha value is -0.320. The SMILES string of the molecule is CCN1CCCC1CN(C)C(CN)c1cccc(Cl)c1Cl. The second-order valence-electron chi connectivity index (χ2n) is 5.76. The second-order valence-corrected chi connectivity index (χ2v) is 6.54. The number of hydrogen-bond donors (Lipinski definition) is 1. The Morgan fingerprint density at radius 2 is 2.19 bits per heavy atom. The van der Waals surface area contributed by atoms with Gasteiger partial charge in [-0.25, -0.2) is 0 Å². The van der Waals surface area contributed by atoms with Crippen molar-refractivity contribution in [2.45, 2.75) is 31.8 Å². The average molecular weight is 330 g/mol. The molecule has 1 fully saturated rings. The molecule has 2 rings (SSSR count). The van der Waals surface area contributed by atoms with Crippen LogP contribution in [0.3, 0.4) is 0 Å². The first kappa shape index (κ1) is 17.0. The molecule has 0 aromatic heterocycles. The number of benzene rings is 1. The summed E-state index contributed by atoms with van der Waals surface area (Å²) in [5.74, 6) is 0. The van der Waals surface area contributed by atoms with E-state index in [1.165, 1.54) is 19.4 Å². The molecule has 0 saturated carbocycles. The number of likely N-dealkylation sites (N-methyl/N-ethyl adjacent to an activating group) is 2. The molecule has 0 spiro atoms. The van der Waals surface area contributed by atoms with Gasteiger partial charge in [0, 0.05) is 25.2 Å². The molecule has 118 valence electrons. The third kappa shape index (κ3) is 3.91. The summed E-state index contributed by atoms with van der Waals surface area (Å²) in [6.45, 7) is 6.10. The smallest absolute Gasteiger partial charge is 0.0640 e. The van der Waals surface area contributed by atoms with Crippen LogP contribution >= 0.6 is 23.2 Å². The maximum absolute atomic E-state index is 6.36. The van der Waals surface area contributed by atoms with E-state index in [2.05, 4.69) is 23.8 Å². The Morgan fingerprint density at radius 1 is 1.43 bits per heavy atom. The molecular formula is C16H25Cl2N3. The molecule has 1 heterocycles. The number of nitrogens with zero attached hydrogens (tertiary/aromatic N) is 2. The zero-order valence-corrected chi connectivity index (χ0v) is 14.4. The summed E-state index contributed by atoms with van der Waals surface area (Å²) in [7, 11) is 2.13. The maximum Gasteiger partial charge on any atom is 0.0640 e. The van der Waals surface area contributed by atoms with E-state index < -0.39 is 0 Å². The minimum atomic E-state index is 0.107. The van der Waals surface area contributed by atoms with E-state index >= 15 is 0 Å². The van der Waals surface area contributed by atoms with Crippen molar-refractivity contribution in [1.82, 2.24) is 9.80 Å². The highest BCUT2D eigenvalue weighted by atomic mass is 35.5. The molecule has 0 bridgehead atoms. The van der Waals surface area contributed by atoms with Crippen molar-refractivity contribution in [2.75, 3.05) is 33.2 Å². The monoisotopic (exact) mass is 329 g/mol. The molecule has 1 aliphatic rings. The van der Waals surface area contributed by atoms with E-state index in [-0.39, 0.29) is 6.04 Å². The molecule has 1 aromatic rings. The summed E-state index contributed by atoms with van der Waals surface area (Å²) in [5.41, 5.74) is 7.03. The van der Waals surface area contributed by atoms with Crippen molar-refractivity contribution in [2.24, 2.45) is 5.73 Å². The second kappa shape index (κ2) is 7.80. The van der Waals surface area contributed by atoms with Crippen molar-refractivity contribution in [1.29, 1.82) is 0 Å². The van der Waals surface area contributed by atoms with Crippen LogP contribution in [0.2, 0.25) is 10.0 Å². The lowest BCUT2D eigenvalue weighted by molar-refractivity contribution is 0.166. The van der Waals surface area contributed by atoms with E-state index in [0.29, 0.717) is 22.6 Å². The van der Waals surface area contributed by atoms with Crippen LogP contribution in [0.1, 0.15) is 31.4 Å². The van der Waals surface area contributed by atoms with Gasteiger partial charge in [-0.15, -0.1) is 0 Å². The highest BCUT2D eigenvalue weighted by Gasteiger charge is 2.27. The predicted molar refractivity (Wildman–Crippen MR) is 91.2 cm³/mol. The highest BCUT2D eigenvalue weighted by molar-refractivity contribution is 6.42. The summed E-state index contributed by atoms with van der Waals surface area (Å²) in [4.78, 5) is 4.86. The van der Waals surface area contributed by atoms with E-state index in [0.717, 1.165) is 18.7 Å². The number of rotatable bonds is 6. The lowest BCUT2D eigenvalue weighted by Crippen LogP contribution is -2.41. The van der Waals surface area contributed by atoms with Crippen LogP contribution in [0.15, 0.2) is 18.2 Å². The molecule has 1 aliphatic heterocycles. The average Bonchev–Trinajstić information content (AvgIpc) is 2.91. The van der Waals surface area contributed by atoms with Crippen molar-refractivity contribution in [3.63, 3.8) is 0 Å². The van der Waals surface area contributed by atoms with Crippen LogP contribution in [0, 0.1) is 0 Å². The Labute approximate surface area is 138 Å². The molecule has 0 radical (unpaired) electrons. The molecule has 21 heavy (non-hydrogen) atoms. The van der Waals surface area contributed by atoms with Gasteiger partial charge in [-0.2, -0.15) is 0 Å². The van der Waals surface area contributed by atoms with Gasteiger partial charge in [0.1, 0.15) is 0 Å². The molecule has 2 N–H and O–H groups in total. The van der Waals surface area contributed by atoms with Gasteiger partial charge in [-0.1, -0.05) is 42.3 Å². The fourth-order valence-corrected chi connectivity index (χ4v) is 3.73. The molecule has 2 atom stereocenters. The molecule has 5 heteroatoms. The first-order valence-corrected chi connectivity index (χ1v) is 8.42. The Morgan fingerprint density at radius 3 is 2.86 bits per heavy atom. The summed E-state index contributed by atoms with van der Waals surface area (Å²) < 4.78 is 0. The van der Waals surface area contributed by atoms with Crippen molar-refractivity contribution >= 4 is 23.2 Å². The van der Waals surface area contributed by atoms with Crippen LogP contribution in [-0.2, 0) is 0 Å². The predicted octanol–water partition coefficient (Wildman–Crippen LogP) is 3.41. The summed E-state index contributed by atoms with van der Waals surface area (Å²) in [6, 6.07) is 6.50. The Balaban J connectivity index is 2.11. The van der Waals surface area contributed by atoms with Gasteiger partial charge in [-0.3, -0.25) is 9.80 Å². The normalized spacial score (nSPS) is 21.1. The van der Waals surface area contributed by atoms with Crippen LogP contribution in [0.25, 0.3) is 0 Å². The third-order valence-electron chi connectivity index (χ3n) is 4.50. The summed E-state index contributed by atoms with van der Waals surface area (Å²) in [6.07, 6.45) is 2.55. The molecule has 1 saturated heterocycles. The maximum atomic E-state index is 6.36. The quantitative estimate of drug-likeness (QED) is 0.868. The number of halogens is 2. The van der Waals surface area contributed by atoms with Crippen molar-refractivity contribution in [3.05, 3.63) is 33.8 Å². The van der Waals surface area contributed by atoms with Crippen LogP contribution in [0.5, 0.6) is 0 Å². The zero-order valence-electron chi connectivity index (χ0n) is 12.9. The molecule has 2 unspecified atom stereocenters. The molecule has 0 amide bonds. The molecule has 0 aliphatic carbocycles. The van der Waals surface area contributed by atoms with Gasteiger partial charge in [0.05, 0.1) is 10.0 Å². The molecular weight excluding hydrogens is 305 g/mol.